The highest BCUT2D eigenvalue weighted by atomic mass is 32.1. The lowest BCUT2D eigenvalue weighted by atomic mass is 9.91. The van der Waals surface area contributed by atoms with Crippen molar-refractivity contribution in [2.45, 2.75) is 39.8 Å². The minimum absolute atomic E-state index is 0.172. The smallest absolute Gasteiger partial charge is 0.307 e. The van der Waals surface area contributed by atoms with E-state index in [0.29, 0.717) is 48.6 Å². The molecular weight excluding hydrogens is 596 g/mol. The van der Waals surface area contributed by atoms with Crippen LogP contribution in [0.4, 0.5) is 0 Å². The summed E-state index contributed by atoms with van der Waals surface area (Å²) in [5, 5.41) is 19.8. The van der Waals surface area contributed by atoms with Crippen molar-refractivity contribution in [3.05, 3.63) is 81.4 Å². The number of carboxylic acids is 1. The number of hydrogen-bond donors (Lipinski definition) is 2. The van der Waals surface area contributed by atoms with Gasteiger partial charge in [0.2, 0.25) is 5.89 Å². The minimum Gasteiger partial charge on any atom is -0.481 e. The van der Waals surface area contributed by atoms with Gasteiger partial charge in [-0.1, -0.05) is 36.3 Å². The van der Waals surface area contributed by atoms with Crippen LogP contribution in [0.5, 0.6) is 0 Å². The summed E-state index contributed by atoms with van der Waals surface area (Å²) < 4.78 is 6.34. The van der Waals surface area contributed by atoms with Crippen LogP contribution in [0.1, 0.15) is 39.2 Å². The van der Waals surface area contributed by atoms with E-state index in [0.717, 1.165) is 64.4 Å². The number of hydrogen-bond acceptors (Lipinski definition) is 8. The quantitative estimate of drug-likeness (QED) is 0.197. The van der Waals surface area contributed by atoms with Crippen LogP contribution in [0, 0.1) is 32.1 Å². The molecule has 5 aromatic rings. The first-order valence-corrected chi connectivity index (χ1v) is 16.5. The Morgan fingerprint density at radius 2 is 1.78 bits per heavy atom. The number of likely N-dealkylation sites (tertiary alicyclic amines) is 1. The molecule has 8 nitrogen and oxygen atoms in total. The zero-order chi connectivity index (χ0) is 31.9. The van der Waals surface area contributed by atoms with Crippen molar-refractivity contribution in [3.63, 3.8) is 0 Å². The Balaban J connectivity index is 1.20. The zero-order valence-corrected chi connectivity index (χ0v) is 26.9. The van der Waals surface area contributed by atoms with Crippen molar-refractivity contribution in [3.8, 4) is 45.5 Å². The van der Waals surface area contributed by atoms with Gasteiger partial charge in [0.1, 0.15) is 10.5 Å². The Morgan fingerprint density at radius 1 is 1.04 bits per heavy atom. The highest BCUT2D eigenvalue weighted by Crippen LogP contribution is 2.40. The van der Waals surface area contributed by atoms with Crippen molar-refractivity contribution >= 4 is 28.4 Å². The molecule has 2 N–H and O–H groups in total. The monoisotopic (exact) mass is 632 g/mol. The van der Waals surface area contributed by atoms with Gasteiger partial charge in [-0.25, -0.2) is 9.97 Å². The summed E-state index contributed by atoms with van der Waals surface area (Å²) in [5.74, 6) is 2.22. The fourth-order valence-corrected chi connectivity index (χ4v) is 8.09. The highest BCUT2D eigenvalue weighted by molar-refractivity contribution is 7.15. The third-order valence-corrected chi connectivity index (χ3v) is 10.5. The highest BCUT2D eigenvalue weighted by Gasteiger charge is 2.28. The predicted molar refractivity (Wildman–Crippen MR) is 180 cm³/mol. The normalized spacial score (nSPS) is 17.0. The largest absolute Gasteiger partial charge is 0.481 e. The molecule has 0 bridgehead atoms. The van der Waals surface area contributed by atoms with E-state index < -0.39 is 5.97 Å². The van der Waals surface area contributed by atoms with Gasteiger partial charge in [0.05, 0.1) is 23.8 Å². The number of carboxylic acid groups (broad SMARTS) is 1. The molecule has 0 unspecified atom stereocenters. The van der Waals surface area contributed by atoms with Crippen LogP contribution in [0.15, 0.2) is 52.9 Å². The average molecular weight is 633 g/mol. The second-order valence-corrected chi connectivity index (χ2v) is 13.4. The van der Waals surface area contributed by atoms with Crippen LogP contribution in [-0.4, -0.2) is 68.7 Å². The van der Waals surface area contributed by atoms with Gasteiger partial charge in [0, 0.05) is 55.1 Å². The van der Waals surface area contributed by atoms with Gasteiger partial charge >= 0.3 is 5.97 Å². The van der Waals surface area contributed by atoms with Crippen LogP contribution >= 0.6 is 11.3 Å². The first kappa shape index (κ1) is 30.3. The van der Waals surface area contributed by atoms with Crippen LogP contribution in [0.2, 0.25) is 0 Å². The van der Waals surface area contributed by atoms with Gasteiger partial charge in [-0.05, 0) is 72.8 Å². The Labute approximate surface area is 272 Å². The molecule has 0 amide bonds. The fraction of sp³-hybridized carbons (Fsp3) is 0.324. The Morgan fingerprint density at radius 3 is 2.50 bits per heavy atom. The zero-order valence-electron chi connectivity index (χ0n) is 26.0. The molecule has 4 heterocycles. The summed E-state index contributed by atoms with van der Waals surface area (Å²) in [6.45, 7) is 8.77. The molecule has 1 atom stereocenters. The number of terminal acetylenes is 1. The van der Waals surface area contributed by atoms with Gasteiger partial charge in [-0.3, -0.25) is 14.6 Å². The summed E-state index contributed by atoms with van der Waals surface area (Å²) in [6.07, 6.45) is 7.48. The third-order valence-electron chi connectivity index (χ3n) is 9.38. The van der Waals surface area contributed by atoms with Crippen molar-refractivity contribution in [1.29, 1.82) is 0 Å². The minimum atomic E-state index is -0.740. The lowest BCUT2D eigenvalue weighted by Gasteiger charge is -2.24. The number of aliphatic hydroxyl groups is 1. The fourth-order valence-electron chi connectivity index (χ4n) is 6.85. The second kappa shape index (κ2) is 12.5. The van der Waals surface area contributed by atoms with Crippen LogP contribution in [0.3, 0.4) is 0 Å². The molecule has 234 valence electrons. The molecule has 3 aromatic carbocycles. The van der Waals surface area contributed by atoms with Crippen LogP contribution in [-0.2, 0) is 24.3 Å². The maximum absolute atomic E-state index is 11.4. The maximum Gasteiger partial charge on any atom is 0.307 e. The summed E-state index contributed by atoms with van der Waals surface area (Å²) in [6, 6.07) is 16.6. The number of aliphatic hydroxyl groups excluding tert-OH is 1. The molecule has 2 aliphatic heterocycles. The second-order valence-electron chi connectivity index (χ2n) is 12.3. The molecule has 0 saturated carbocycles. The van der Waals surface area contributed by atoms with Gasteiger partial charge in [-0.2, -0.15) is 0 Å². The number of thiazole rings is 1. The number of fused-ring (bicyclic) bond motifs is 2. The van der Waals surface area contributed by atoms with Crippen molar-refractivity contribution in [1.82, 2.24) is 19.8 Å². The molecule has 2 aromatic heterocycles. The molecule has 46 heavy (non-hydrogen) atoms. The molecule has 1 fully saturated rings. The van der Waals surface area contributed by atoms with Crippen molar-refractivity contribution in [2.24, 2.45) is 5.92 Å². The van der Waals surface area contributed by atoms with E-state index in [2.05, 4.69) is 53.8 Å². The number of rotatable bonds is 8. The van der Waals surface area contributed by atoms with Gasteiger partial charge in [0.15, 0.2) is 5.58 Å². The van der Waals surface area contributed by atoms with E-state index in [-0.39, 0.29) is 12.5 Å². The third kappa shape index (κ3) is 5.63. The molecule has 0 spiro atoms. The number of benzene rings is 3. The summed E-state index contributed by atoms with van der Waals surface area (Å²) >= 11 is 1.75. The SMILES string of the molecule is C#Cc1cc(CN2CC[C@H](C(=O)O)C2)cc2nc(-c3cccc(-c4cccc(-c5nc6c(s5)CN(CCO)CC6)c4C)c3C)oc12. The number of carbonyl (C=O) groups is 1. The molecule has 0 aliphatic carbocycles. The number of aromatic nitrogens is 2. The van der Waals surface area contributed by atoms with E-state index in [1.165, 1.54) is 16.1 Å². The average Bonchev–Trinajstić information content (AvgIpc) is 3.80. The molecule has 0 radical (unpaired) electrons. The number of β-amino-alcohol motifs (C(OH)–C–C–N with tert-alkyl or cyclic N) is 1. The molecule has 2 aliphatic rings. The summed E-state index contributed by atoms with van der Waals surface area (Å²) in [7, 11) is 0. The Bertz CT molecular complexity index is 2000. The van der Waals surface area contributed by atoms with E-state index in [9.17, 15) is 15.0 Å². The van der Waals surface area contributed by atoms with Gasteiger partial charge in [-0.15, -0.1) is 17.8 Å². The van der Waals surface area contributed by atoms with E-state index >= 15 is 0 Å². The van der Waals surface area contributed by atoms with Gasteiger partial charge < -0.3 is 14.6 Å². The standard InChI is InChI=1S/C37H36N4O4S/c1-4-25-17-24(19-41-13-11-26(20-41)37(43)44)18-32-34(25)45-35(38-32)29-9-5-7-27(22(29)2)28-8-6-10-30(23(28)3)36-39-31-12-14-40(15-16-42)21-33(31)46-36/h1,5-10,17-18,26,42H,11-16,19-21H2,2-3H3,(H,43,44)/t26-/m0/s1. The van der Waals surface area contributed by atoms with Gasteiger partial charge in [0.25, 0.3) is 0 Å². The van der Waals surface area contributed by atoms with E-state index in [4.69, 9.17) is 20.8 Å². The topological polar surface area (TPSA) is 103 Å². The van der Waals surface area contributed by atoms with Crippen molar-refractivity contribution < 1.29 is 19.4 Å². The molecule has 9 heteroatoms. The first-order chi connectivity index (χ1) is 22.3. The van der Waals surface area contributed by atoms with Crippen LogP contribution in [0.25, 0.3) is 44.3 Å². The Kier molecular flexibility index (Phi) is 8.22. The van der Waals surface area contributed by atoms with E-state index in [1.54, 1.807) is 11.3 Å². The molecular formula is C37H36N4O4S. The van der Waals surface area contributed by atoms with Crippen molar-refractivity contribution in [2.75, 3.05) is 32.8 Å². The summed E-state index contributed by atoms with van der Waals surface area (Å²) in [4.78, 5) is 27.1. The lowest BCUT2D eigenvalue weighted by Crippen LogP contribution is -2.32. The van der Waals surface area contributed by atoms with Crippen LogP contribution < -0.4 is 0 Å². The first-order valence-electron chi connectivity index (χ1n) is 15.7. The maximum atomic E-state index is 11.4. The van der Waals surface area contributed by atoms with E-state index in [1.807, 2.05) is 24.3 Å². The number of oxazole rings is 1. The molecule has 7 rings (SSSR count). The summed E-state index contributed by atoms with van der Waals surface area (Å²) in [5.41, 5.74) is 10.6. The lowest BCUT2D eigenvalue weighted by molar-refractivity contribution is -0.141. The number of nitrogens with zero attached hydrogens (tertiary/aromatic N) is 4. The molecule has 1 saturated heterocycles. The number of aliphatic carboxylic acids is 1. The predicted octanol–water partition coefficient (Wildman–Crippen LogP) is 6.14. The Hall–Kier alpha value is -4.33.